The molecule has 3 heteroatoms. The van der Waals surface area contributed by atoms with E-state index >= 15 is 0 Å². The smallest absolute Gasteiger partial charge is 0.335 e. The third kappa shape index (κ3) is 4.06. The fourth-order valence-corrected chi connectivity index (χ4v) is 2.21. The van der Waals surface area contributed by atoms with Crippen molar-refractivity contribution in [2.45, 2.75) is 27.7 Å². The van der Waals surface area contributed by atoms with Gasteiger partial charge in [-0.05, 0) is 42.0 Å². The maximum Gasteiger partial charge on any atom is 0.335 e. The van der Waals surface area contributed by atoms with E-state index in [2.05, 4.69) is 33.0 Å². The van der Waals surface area contributed by atoms with Crippen LogP contribution in [0.2, 0.25) is 0 Å². The standard InChI is InChI=1S/C15H23NO2/c1-10(2)14(11(3)4)9-16-13-7-5-12(6-8-13)15(17)18/h5-8,10-11,14,16H,9H2,1-4H3,(H,17,18). The summed E-state index contributed by atoms with van der Waals surface area (Å²) >= 11 is 0. The molecule has 0 saturated heterocycles. The summed E-state index contributed by atoms with van der Waals surface area (Å²) in [7, 11) is 0. The van der Waals surface area contributed by atoms with Gasteiger partial charge in [-0.25, -0.2) is 4.79 Å². The fourth-order valence-electron chi connectivity index (χ4n) is 2.21. The third-order valence-corrected chi connectivity index (χ3v) is 3.39. The molecule has 0 aliphatic carbocycles. The molecule has 1 rings (SSSR count). The summed E-state index contributed by atoms with van der Waals surface area (Å²) in [6, 6.07) is 6.90. The van der Waals surface area contributed by atoms with Crippen molar-refractivity contribution in [1.82, 2.24) is 0 Å². The van der Waals surface area contributed by atoms with Crippen LogP contribution >= 0.6 is 0 Å². The van der Waals surface area contributed by atoms with E-state index in [1.54, 1.807) is 12.1 Å². The molecule has 1 aromatic rings. The highest BCUT2D eigenvalue weighted by Gasteiger charge is 2.16. The van der Waals surface area contributed by atoms with E-state index in [4.69, 9.17) is 5.11 Å². The molecule has 0 radical (unpaired) electrons. The van der Waals surface area contributed by atoms with Crippen LogP contribution in [0.3, 0.4) is 0 Å². The van der Waals surface area contributed by atoms with E-state index in [1.807, 2.05) is 12.1 Å². The van der Waals surface area contributed by atoms with Gasteiger partial charge in [-0.3, -0.25) is 0 Å². The van der Waals surface area contributed by atoms with Gasteiger partial charge in [0.05, 0.1) is 5.56 Å². The van der Waals surface area contributed by atoms with Crippen LogP contribution < -0.4 is 5.32 Å². The monoisotopic (exact) mass is 249 g/mol. The Hall–Kier alpha value is -1.51. The Balaban J connectivity index is 2.60. The predicted octanol–water partition coefficient (Wildman–Crippen LogP) is 3.72. The minimum absolute atomic E-state index is 0.324. The summed E-state index contributed by atoms with van der Waals surface area (Å²) in [5.74, 6) is 1.000. The van der Waals surface area contributed by atoms with Crippen molar-refractivity contribution in [3.05, 3.63) is 29.8 Å². The van der Waals surface area contributed by atoms with Gasteiger partial charge < -0.3 is 10.4 Å². The number of nitrogens with one attached hydrogen (secondary N) is 1. The van der Waals surface area contributed by atoms with Crippen LogP contribution in [0.25, 0.3) is 0 Å². The number of carbonyl (C=O) groups is 1. The lowest BCUT2D eigenvalue weighted by Gasteiger charge is -2.25. The van der Waals surface area contributed by atoms with E-state index in [1.165, 1.54) is 0 Å². The molecule has 0 bridgehead atoms. The molecule has 2 N–H and O–H groups in total. The summed E-state index contributed by atoms with van der Waals surface area (Å²) in [4.78, 5) is 10.7. The van der Waals surface area contributed by atoms with Gasteiger partial charge in [-0.15, -0.1) is 0 Å². The minimum Gasteiger partial charge on any atom is -0.478 e. The maximum atomic E-state index is 10.7. The molecule has 0 amide bonds. The van der Waals surface area contributed by atoms with Crippen molar-refractivity contribution >= 4 is 11.7 Å². The molecule has 0 spiro atoms. The molecule has 0 aromatic heterocycles. The molecule has 0 aliphatic rings. The fraction of sp³-hybridized carbons (Fsp3) is 0.533. The highest BCUT2D eigenvalue weighted by Crippen LogP contribution is 2.21. The molecular formula is C15H23NO2. The first-order valence-electron chi connectivity index (χ1n) is 6.49. The lowest BCUT2D eigenvalue weighted by atomic mass is 9.85. The lowest BCUT2D eigenvalue weighted by molar-refractivity contribution is 0.0697. The van der Waals surface area contributed by atoms with E-state index in [0.717, 1.165) is 12.2 Å². The van der Waals surface area contributed by atoms with Crippen molar-refractivity contribution in [3.63, 3.8) is 0 Å². The van der Waals surface area contributed by atoms with Gasteiger partial charge in [0.1, 0.15) is 0 Å². The molecule has 0 atom stereocenters. The van der Waals surface area contributed by atoms with Gasteiger partial charge in [-0.1, -0.05) is 27.7 Å². The molecule has 0 aliphatic heterocycles. The number of benzene rings is 1. The van der Waals surface area contributed by atoms with E-state index in [9.17, 15) is 4.79 Å². The van der Waals surface area contributed by atoms with Gasteiger partial charge in [0.15, 0.2) is 0 Å². The number of rotatable bonds is 6. The molecular weight excluding hydrogens is 226 g/mol. The average molecular weight is 249 g/mol. The zero-order valence-corrected chi connectivity index (χ0v) is 11.6. The van der Waals surface area contributed by atoms with E-state index in [0.29, 0.717) is 23.3 Å². The summed E-state index contributed by atoms with van der Waals surface area (Å²) in [5.41, 5.74) is 1.30. The maximum absolute atomic E-state index is 10.7. The predicted molar refractivity (Wildman–Crippen MR) is 75.1 cm³/mol. The van der Waals surface area contributed by atoms with Crippen LogP contribution in [0.1, 0.15) is 38.1 Å². The first-order valence-corrected chi connectivity index (χ1v) is 6.49. The average Bonchev–Trinajstić information content (AvgIpc) is 2.28. The molecule has 0 saturated carbocycles. The Morgan fingerprint density at radius 3 is 2.00 bits per heavy atom. The second-order valence-electron chi connectivity index (χ2n) is 5.42. The van der Waals surface area contributed by atoms with Gasteiger partial charge in [0.2, 0.25) is 0 Å². The largest absolute Gasteiger partial charge is 0.478 e. The van der Waals surface area contributed by atoms with Gasteiger partial charge >= 0.3 is 5.97 Å². The second-order valence-corrected chi connectivity index (χ2v) is 5.42. The zero-order chi connectivity index (χ0) is 13.7. The Morgan fingerprint density at radius 2 is 1.61 bits per heavy atom. The Labute approximate surface area is 109 Å². The third-order valence-electron chi connectivity index (χ3n) is 3.39. The first kappa shape index (κ1) is 14.6. The number of carboxylic acids is 1. The molecule has 100 valence electrons. The minimum atomic E-state index is -0.885. The molecule has 0 unspecified atom stereocenters. The van der Waals surface area contributed by atoms with E-state index < -0.39 is 5.97 Å². The first-order chi connectivity index (χ1) is 8.41. The van der Waals surface area contributed by atoms with E-state index in [-0.39, 0.29) is 0 Å². The van der Waals surface area contributed by atoms with Crippen LogP contribution in [-0.2, 0) is 0 Å². The molecule has 0 fully saturated rings. The number of hydrogen-bond acceptors (Lipinski definition) is 2. The molecule has 0 heterocycles. The van der Waals surface area contributed by atoms with Crippen molar-refractivity contribution in [2.24, 2.45) is 17.8 Å². The van der Waals surface area contributed by atoms with Crippen LogP contribution in [0, 0.1) is 17.8 Å². The normalized spacial score (nSPS) is 11.3. The number of anilines is 1. The quantitative estimate of drug-likeness (QED) is 0.807. The Bertz CT molecular complexity index is 374. The summed E-state index contributed by atoms with van der Waals surface area (Å²) in [6.45, 7) is 9.86. The highest BCUT2D eigenvalue weighted by molar-refractivity contribution is 5.87. The van der Waals surface area contributed by atoms with Crippen LogP contribution in [-0.4, -0.2) is 17.6 Å². The number of aromatic carboxylic acids is 1. The molecule has 18 heavy (non-hydrogen) atoms. The van der Waals surface area contributed by atoms with Gasteiger partial charge in [-0.2, -0.15) is 0 Å². The zero-order valence-electron chi connectivity index (χ0n) is 11.6. The second kappa shape index (κ2) is 6.43. The van der Waals surface area contributed by atoms with Crippen LogP contribution in [0.15, 0.2) is 24.3 Å². The Morgan fingerprint density at radius 1 is 1.11 bits per heavy atom. The SMILES string of the molecule is CC(C)C(CNc1ccc(C(=O)O)cc1)C(C)C. The summed E-state index contributed by atoms with van der Waals surface area (Å²) in [5, 5.41) is 12.2. The summed E-state index contributed by atoms with van der Waals surface area (Å²) < 4.78 is 0. The van der Waals surface area contributed by atoms with Crippen molar-refractivity contribution in [1.29, 1.82) is 0 Å². The van der Waals surface area contributed by atoms with Crippen LogP contribution in [0.4, 0.5) is 5.69 Å². The number of hydrogen-bond donors (Lipinski definition) is 2. The highest BCUT2D eigenvalue weighted by atomic mass is 16.4. The van der Waals surface area contributed by atoms with Gasteiger partial charge in [0.25, 0.3) is 0 Å². The topological polar surface area (TPSA) is 49.3 Å². The van der Waals surface area contributed by atoms with Gasteiger partial charge in [0, 0.05) is 12.2 Å². The van der Waals surface area contributed by atoms with Crippen molar-refractivity contribution in [2.75, 3.05) is 11.9 Å². The molecule has 3 nitrogen and oxygen atoms in total. The summed E-state index contributed by atoms with van der Waals surface area (Å²) in [6.07, 6.45) is 0. The number of carboxylic acid groups (broad SMARTS) is 1. The lowest BCUT2D eigenvalue weighted by Crippen LogP contribution is -2.24. The Kier molecular flexibility index (Phi) is 5.20. The van der Waals surface area contributed by atoms with Crippen LogP contribution in [0.5, 0.6) is 0 Å². The molecule has 1 aromatic carbocycles. The van der Waals surface area contributed by atoms with Crippen molar-refractivity contribution < 1.29 is 9.90 Å². The van der Waals surface area contributed by atoms with Crippen molar-refractivity contribution in [3.8, 4) is 0 Å².